The lowest BCUT2D eigenvalue weighted by atomic mass is 9.96. The van der Waals surface area contributed by atoms with E-state index in [4.69, 9.17) is 9.47 Å². The van der Waals surface area contributed by atoms with Gasteiger partial charge in [0.25, 0.3) is 0 Å². The molecule has 43 heavy (non-hydrogen) atoms. The van der Waals surface area contributed by atoms with Gasteiger partial charge >= 0.3 is 5.97 Å². The van der Waals surface area contributed by atoms with E-state index in [0.29, 0.717) is 28.9 Å². The minimum absolute atomic E-state index is 0.0994. The second-order valence-electron chi connectivity index (χ2n) is 11.3. The molecule has 0 amide bonds. The highest BCUT2D eigenvalue weighted by molar-refractivity contribution is 6.04. The molecule has 0 spiro atoms. The number of rotatable bonds is 22. The van der Waals surface area contributed by atoms with E-state index in [0.717, 1.165) is 50.5 Å². The average molecular weight is 595 g/mol. The van der Waals surface area contributed by atoms with Crippen LogP contribution in [-0.2, 0) is 27.4 Å². The number of benzene rings is 1. The van der Waals surface area contributed by atoms with E-state index < -0.39 is 0 Å². The van der Waals surface area contributed by atoms with E-state index >= 15 is 0 Å². The third kappa shape index (κ3) is 15.6. The summed E-state index contributed by atoms with van der Waals surface area (Å²) in [6.07, 6.45) is 25.0. The molecule has 0 saturated carbocycles. The smallest absolute Gasteiger partial charge is 0.306 e. The zero-order valence-electron chi connectivity index (χ0n) is 27.4. The number of phenols is 1. The van der Waals surface area contributed by atoms with Crippen molar-refractivity contribution in [3.8, 4) is 11.5 Å². The summed E-state index contributed by atoms with van der Waals surface area (Å²) in [7, 11) is 1.47. The van der Waals surface area contributed by atoms with Gasteiger partial charge in [0.1, 0.15) is 18.1 Å². The zero-order chi connectivity index (χ0) is 32.0. The summed E-state index contributed by atoms with van der Waals surface area (Å²) in [5.41, 5.74) is 2.31. The second-order valence-corrected chi connectivity index (χ2v) is 11.3. The second kappa shape index (κ2) is 22.2. The Morgan fingerprint density at radius 3 is 2.09 bits per heavy atom. The maximum atomic E-state index is 12.5. The van der Waals surface area contributed by atoms with Gasteiger partial charge in [-0.25, -0.2) is 0 Å². The Balaban J connectivity index is 2.54. The van der Waals surface area contributed by atoms with E-state index in [1.54, 1.807) is 25.1 Å². The molecule has 1 N–H and O–H groups in total. The summed E-state index contributed by atoms with van der Waals surface area (Å²) in [6, 6.07) is 1.62. The Morgan fingerprint density at radius 1 is 0.860 bits per heavy atom. The lowest BCUT2D eigenvalue weighted by Gasteiger charge is -2.17. The first-order chi connectivity index (χ1) is 20.6. The van der Waals surface area contributed by atoms with E-state index in [1.165, 1.54) is 39.7 Å². The van der Waals surface area contributed by atoms with Crippen LogP contribution in [0.3, 0.4) is 0 Å². The number of methoxy groups -OCH3 is 1. The first-order valence-electron chi connectivity index (χ1n) is 15.9. The fourth-order valence-electron chi connectivity index (χ4n) is 4.67. The van der Waals surface area contributed by atoms with Crippen molar-refractivity contribution in [2.24, 2.45) is 0 Å². The number of hydrogen-bond donors (Lipinski definition) is 1. The van der Waals surface area contributed by atoms with E-state index in [-0.39, 0.29) is 41.9 Å². The van der Waals surface area contributed by atoms with Crippen LogP contribution in [0.15, 0.2) is 53.7 Å². The number of unbranched alkanes of at least 4 members (excludes halogenated alkanes) is 8. The lowest BCUT2D eigenvalue weighted by Crippen LogP contribution is -2.10. The van der Waals surface area contributed by atoms with Crippen molar-refractivity contribution in [1.29, 1.82) is 0 Å². The van der Waals surface area contributed by atoms with Crippen LogP contribution in [0.25, 0.3) is 0 Å². The van der Waals surface area contributed by atoms with Crippen molar-refractivity contribution in [3.05, 3.63) is 70.4 Å². The number of hydrogen-bond acceptors (Lipinski definition) is 6. The number of Topliss-reactive ketones (excluding diaryl/α,β-unsaturated/α-hetero) is 1. The maximum absolute atomic E-state index is 12.5. The number of ether oxygens (including phenoxy) is 2. The summed E-state index contributed by atoms with van der Waals surface area (Å²) >= 11 is 0. The molecule has 0 unspecified atom stereocenters. The molecule has 1 aromatic carbocycles. The van der Waals surface area contributed by atoms with Crippen molar-refractivity contribution in [3.63, 3.8) is 0 Å². The van der Waals surface area contributed by atoms with Crippen LogP contribution in [0.2, 0.25) is 0 Å². The first-order valence-corrected chi connectivity index (χ1v) is 15.9. The summed E-state index contributed by atoms with van der Waals surface area (Å²) < 4.78 is 10.9. The van der Waals surface area contributed by atoms with Crippen molar-refractivity contribution in [2.75, 3.05) is 7.11 Å². The summed E-state index contributed by atoms with van der Waals surface area (Å²) in [6.45, 7) is 8.86. The van der Waals surface area contributed by atoms with Gasteiger partial charge in [-0.2, -0.15) is 0 Å². The topological polar surface area (TPSA) is 89.9 Å². The van der Waals surface area contributed by atoms with E-state index in [9.17, 15) is 19.5 Å². The molecule has 0 aromatic heterocycles. The fourth-order valence-corrected chi connectivity index (χ4v) is 4.67. The Morgan fingerprint density at radius 2 is 1.49 bits per heavy atom. The zero-order valence-corrected chi connectivity index (χ0v) is 27.4. The quantitative estimate of drug-likeness (QED) is 0.0473. The predicted molar refractivity (Wildman–Crippen MR) is 176 cm³/mol. The van der Waals surface area contributed by atoms with Crippen molar-refractivity contribution < 1.29 is 29.0 Å². The molecule has 1 rings (SSSR count). The van der Waals surface area contributed by atoms with Crippen LogP contribution < -0.4 is 4.74 Å². The number of aromatic hydroxyl groups is 1. The molecule has 0 aliphatic heterocycles. The number of ketones is 2. The van der Waals surface area contributed by atoms with Crippen molar-refractivity contribution in [2.45, 2.75) is 125 Å². The Labute approximate surface area is 259 Å². The molecule has 0 fully saturated rings. The van der Waals surface area contributed by atoms with Crippen molar-refractivity contribution >= 4 is 17.5 Å². The van der Waals surface area contributed by atoms with Gasteiger partial charge in [-0.3, -0.25) is 14.4 Å². The SMILES string of the molecule is CCCCCC=CCC=CCCCCCCCC(=O)OCc1cc(OC)c(CC=C(C)C(=O)C=C(C)C)c(O)c1C(C)=O. The van der Waals surface area contributed by atoms with Crippen LogP contribution in [0, 0.1) is 0 Å². The van der Waals surface area contributed by atoms with E-state index in [1.807, 2.05) is 13.8 Å². The Kier molecular flexibility index (Phi) is 19.4. The minimum Gasteiger partial charge on any atom is -0.507 e. The van der Waals surface area contributed by atoms with Crippen molar-refractivity contribution in [1.82, 2.24) is 0 Å². The highest BCUT2D eigenvalue weighted by atomic mass is 16.5. The van der Waals surface area contributed by atoms with Gasteiger partial charge in [0.2, 0.25) is 0 Å². The number of esters is 1. The van der Waals surface area contributed by atoms with E-state index in [2.05, 4.69) is 31.2 Å². The largest absolute Gasteiger partial charge is 0.507 e. The third-order valence-corrected chi connectivity index (χ3v) is 7.16. The molecule has 1 aromatic rings. The molecule has 6 heteroatoms. The molecule has 0 aliphatic carbocycles. The Hall–Kier alpha value is -3.41. The molecule has 0 aliphatic rings. The molecule has 6 nitrogen and oxygen atoms in total. The van der Waals surface area contributed by atoms with Gasteiger partial charge in [0, 0.05) is 17.5 Å². The summed E-state index contributed by atoms with van der Waals surface area (Å²) in [5.74, 6) is -0.647. The molecule has 0 heterocycles. The molecular weight excluding hydrogens is 540 g/mol. The number of carbonyl (C=O) groups is 3. The number of phenolic OH excluding ortho intramolecular Hbond substituents is 1. The predicted octanol–water partition coefficient (Wildman–Crippen LogP) is 9.48. The van der Waals surface area contributed by atoms with Crippen LogP contribution in [0.1, 0.15) is 133 Å². The lowest BCUT2D eigenvalue weighted by molar-refractivity contribution is -0.145. The number of allylic oxidation sites excluding steroid dienone is 8. The van der Waals surface area contributed by atoms with Crippen LogP contribution in [0.5, 0.6) is 11.5 Å². The third-order valence-electron chi connectivity index (χ3n) is 7.16. The highest BCUT2D eigenvalue weighted by Gasteiger charge is 2.22. The summed E-state index contributed by atoms with van der Waals surface area (Å²) in [4.78, 5) is 37.1. The molecule has 0 saturated heterocycles. The van der Waals surface area contributed by atoms with Crippen LogP contribution >= 0.6 is 0 Å². The van der Waals surface area contributed by atoms with Gasteiger partial charge in [-0.1, -0.05) is 75.0 Å². The maximum Gasteiger partial charge on any atom is 0.306 e. The molecule has 0 atom stereocenters. The fraction of sp³-hybridized carbons (Fsp3) is 0.541. The normalized spacial score (nSPS) is 11.7. The average Bonchev–Trinajstić information content (AvgIpc) is 2.96. The molecule has 0 bridgehead atoms. The number of carbonyl (C=O) groups excluding carboxylic acids is 3. The molecule has 238 valence electrons. The monoisotopic (exact) mass is 594 g/mol. The van der Waals surface area contributed by atoms with Gasteiger partial charge in [0.05, 0.1) is 12.7 Å². The van der Waals surface area contributed by atoms with Crippen LogP contribution in [-0.4, -0.2) is 29.8 Å². The Bertz CT molecular complexity index is 1150. The summed E-state index contributed by atoms with van der Waals surface area (Å²) in [5, 5.41) is 11.0. The minimum atomic E-state index is -0.345. The van der Waals surface area contributed by atoms with Crippen LogP contribution in [0.4, 0.5) is 0 Å². The van der Waals surface area contributed by atoms with Gasteiger partial charge in [-0.15, -0.1) is 0 Å². The highest BCUT2D eigenvalue weighted by Crippen LogP contribution is 2.36. The molecule has 0 radical (unpaired) electrons. The van der Waals surface area contributed by atoms with Gasteiger partial charge < -0.3 is 14.6 Å². The standard InChI is InChI=1S/C37H54O6/c1-7-8-9-10-11-12-13-14-15-16-17-18-19-20-21-22-35(40)43-27-31-26-34(42-6)32(37(41)36(31)30(5)38)24-23-29(4)33(39)25-28(2)3/h11-12,14-15,23,25-26,41H,7-10,13,16-22,24,27H2,1-6H3. The molecular formula is C37H54O6. The van der Waals surface area contributed by atoms with Gasteiger partial charge in [-0.05, 0) is 90.4 Å². The van der Waals surface area contributed by atoms with Gasteiger partial charge in [0.15, 0.2) is 11.6 Å². The first kappa shape index (κ1) is 37.6.